The summed E-state index contributed by atoms with van der Waals surface area (Å²) in [4.78, 5) is 22.6. The van der Waals surface area contributed by atoms with Gasteiger partial charge in [-0.1, -0.05) is 38.8 Å². The van der Waals surface area contributed by atoms with Crippen molar-refractivity contribution in [1.29, 1.82) is 0 Å². The lowest BCUT2D eigenvalue weighted by Gasteiger charge is -2.04. The smallest absolute Gasteiger partial charge is 0.305 e. The van der Waals surface area contributed by atoms with E-state index in [4.69, 9.17) is 9.47 Å². The fraction of sp³-hybridized carbons (Fsp3) is 0.765. The van der Waals surface area contributed by atoms with Crippen molar-refractivity contribution in [3.8, 4) is 0 Å². The number of hydrogen-bond acceptors (Lipinski definition) is 4. The maximum atomic E-state index is 11.4. The molecule has 0 heterocycles. The van der Waals surface area contributed by atoms with Crippen LogP contribution in [-0.2, 0) is 19.1 Å². The number of carbonyl (C=O) groups excluding carboxylic acids is 2. The van der Waals surface area contributed by atoms with Gasteiger partial charge in [-0.05, 0) is 32.1 Å². The normalized spacial score (nSPS) is 10.8. The monoisotopic (exact) mass is 298 g/mol. The molecule has 0 fully saturated rings. The van der Waals surface area contributed by atoms with E-state index in [2.05, 4.69) is 19.1 Å². The maximum absolute atomic E-state index is 11.4. The average Bonchev–Trinajstić information content (AvgIpc) is 2.48. The van der Waals surface area contributed by atoms with E-state index in [1.165, 1.54) is 19.3 Å². The molecular formula is C17H30O4. The number of ether oxygens (including phenoxy) is 2. The molecule has 0 saturated heterocycles. The van der Waals surface area contributed by atoms with Crippen molar-refractivity contribution < 1.29 is 19.1 Å². The zero-order chi connectivity index (χ0) is 15.8. The van der Waals surface area contributed by atoms with Crippen LogP contribution in [0.25, 0.3) is 0 Å². The Balaban J connectivity index is 3.40. The number of esters is 2. The van der Waals surface area contributed by atoms with E-state index in [1.54, 1.807) is 0 Å². The van der Waals surface area contributed by atoms with Gasteiger partial charge in [0.1, 0.15) is 0 Å². The largest absolute Gasteiger partial charge is 0.466 e. The van der Waals surface area contributed by atoms with Crippen LogP contribution in [0.3, 0.4) is 0 Å². The third kappa shape index (κ3) is 14.9. The summed E-state index contributed by atoms with van der Waals surface area (Å²) in [6, 6.07) is 0. The molecule has 21 heavy (non-hydrogen) atoms. The van der Waals surface area contributed by atoms with Crippen LogP contribution in [0.2, 0.25) is 0 Å². The summed E-state index contributed by atoms with van der Waals surface area (Å²) < 4.78 is 10.0. The third-order valence-electron chi connectivity index (χ3n) is 2.92. The number of allylic oxidation sites excluding steroid dienone is 1. The maximum Gasteiger partial charge on any atom is 0.305 e. The van der Waals surface area contributed by atoms with Gasteiger partial charge in [0.05, 0.1) is 13.2 Å². The van der Waals surface area contributed by atoms with Crippen LogP contribution in [-0.4, -0.2) is 25.2 Å². The van der Waals surface area contributed by atoms with Crippen molar-refractivity contribution >= 4 is 11.9 Å². The summed E-state index contributed by atoms with van der Waals surface area (Å²) >= 11 is 0. The lowest BCUT2D eigenvalue weighted by Crippen LogP contribution is -2.08. The Morgan fingerprint density at radius 1 is 0.762 bits per heavy atom. The molecule has 0 aliphatic heterocycles. The molecule has 4 nitrogen and oxygen atoms in total. The van der Waals surface area contributed by atoms with Crippen LogP contribution < -0.4 is 0 Å². The topological polar surface area (TPSA) is 52.6 Å². The van der Waals surface area contributed by atoms with Crippen molar-refractivity contribution in [3.05, 3.63) is 12.2 Å². The first-order valence-corrected chi connectivity index (χ1v) is 8.16. The van der Waals surface area contributed by atoms with Gasteiger partial charge in [0.2, 0.25) is 0 Å². The van der Waals surface area contributed by atoms with Crippen LogP contribution in [0.1, 0.15) is 71.6 Å². The van der Waals surface area contributed by atoms with E-state index in [1.807, 2.05) is 6.92 Å². The van der Waals surface area contributed by atoms with Crippen LogP contribution >= 0.6 is 0 Å². The highest BCUT2D eigenvalue weighted by Gasteiger charge is 2.06. The van der Waals surface area contributed by atoms with Crippen LogP contribution in [0.15, 0.2) is 12.2 Å². The Kier molecular flexibility index (Phi) is 14.1. The van der Waals surface area contributed by atoms with Gasteiger partial charge in [-0.3, -0.25) is 9.59 Å². The van der Waals surface area contributed by atoms with Gasteiger partial charge in [-0.2, -0.15) is 0 Å². The second-order valence-electron chi connectivity index (χ2n) is 5.05. The van der Waals surface area contributed by atoms with Gasteiger partial charge in [-0.15, -0.1) is 0 Å². The molecule has 0 saturated carbocycles. The molecule has 0 aromatic carbocycles. The predicted octanol–water partition coefficient (Wildman–Crippen LogP) is 4.18. The lowest BCUT2D eigenvalue weighted by molar-refractivity contribution is -0.145. The zero-order valence-electron chi connectivity index (χ0n) is 13.6. The molecule has 122 valence electrons. The van der Waals surface area contributed by atoms with Crippen LogP contribution in [0.5, 0.6) is 0 Å². The molecule has 0 spiro atoms. The quantitative estimate of drug-likeness (QED) is 0.291. The number of carbonyl (C=O) groups is 2. The van der Waals surface area contributed by atoms with E-state index >= 15 is 0 Å². The highest BCUT2D eigenvalue weighted by molar-refractivity contribution is 5.72. The van der Waals surface area contributed by atoms with E-state index in [9.17, 15) is 9.59 Å². The van der Waals surface area contributed by atoms with E-state index < -0.39 is 0 Å². The Morgan fingerprint density at radius 3 is 2.00 bits per heavy atom. The number of unbranched alkanes of at least 4 members (excludes halogenated alkanes) is 3. The highest BCUT2D eigenvalue weighted by Crippen LogP contribution is 2.02. The van der Waals surface area contributed by atoms with Gasteiger partial charge in [0, 0.05) is 12.8 Å². The molecule has 4 heteroatoms. The highest BCUT2D eigenvalue weighted by atomic mass is 16.5. The standard InChI is InChI=1S/C17H30O4/c1-3-5-6-7-8-9-10-15-21-17(19)13-11-12-16(18)20-14-4-2/h8-9H,3-7,10-15H2,1-2H3/b9-8-. The zero-order valence-corrected chi connectivity index (χ0v) is 13.6. The van der Waals surface area contributed by atoms with Crippen LogP contribution in [0.4, 0.5) is 0 Å². The second-order valence-corrected chi connectivity index (χ2v) is 5.05. The lowest BCUT2D eigenvalue weighted by atomic mass is 10.2. The van der Waals surface area contributed by atoms with Gasteiger partial charge in [-0.25, -0.2) is 0 Å². The summed E-state index contributed by atoms with van der Waals surface area (Å²) in [5, 5.41) is 0. The van der Waals surface area contributed by atoms with Crippen LogP contribution in [0, 0.1) is 0 Å². The first kappa shape index (κ1) is 19.7. The summed E-state index contributed by atoms with van der Waals surface area (Å²) in [6.07, 6.45) is 11.7. The van der Waals surface area contributed by atoms with Gasteiger partial charge in [0.25, 0.3) is 0 Å². The molecule has 0 amide bonds. The summed E-state index contributed by atoms with van der Waals surface area (Å²) in [5.41, 5.74) is 0. The number of rotatable bonds is 13. The Labute approximate surface area is 128 Å². The summed E-state index contributed by atoms with van der Waals surface area (Å²) in [6.45, 7) is 5.01. The SMILES string of the molecule is CCCCC/C=C\CCOC(=O)CCCC(=O)OCCC. The van der Waals surface area contributed by atoms with Crippen molar-refractivity contribution in [2.24, 2.45) is 0 Å². The first-order valence-electron chi connectivity index (χ1n) is 8.16. The molecule has 0 unspecified atom stereocenters. The van der Waals surface area contributed by atoms with E-state index in [0.717, 1.165) is 19.3 Å². The van der Waals surface area contributed by atoms with E-state index in [-0.39, 0.29) is 24.8 Å². The van der Waals surface area contributed by atoms with Crippen molar-refractivity contribution in [1.82, 2.24) is 0 Å². The summed E-state index contributed by atoms with van der Waals surface area (Å²) in [5.74, 6) is -0.475. The molecule has 0 atom stereocenters. The second kappa shape index (κ2) is 15.1. The Bertz CT molecular complexity index is 297. The fourth-order valence-electron chi connectivity index (χ4n) is 1.73. The van der Waals surface area contributed by atoms with Crippen molar-refractivity contribution in [2.45, 2.75) is 71.6 Å². The minimum atomic E-state index is -0.238. The average molecular weight is 298 g/mol. The first-order chi connectivity index (χ1) is 10.2. The van der Waals surface area contributed by atoms with Gasteiger partial charge < -0.3 is 9.47 Å². The minimum absolute atomic E-state index is 0.236. The Hall–Kier alpha value is -1.32. The number of hydrogen-bond donors (Lipinski definition) is 0. The molecule has 0 aromatic rings. The molecule has 0 rings (SSSR count). The molecule has 0 bridgehead atoms. The molecule has 0 aliphatic rings. The summed E-state index contributed by atoms with van der Waals surface area (Å²) in [7, 11) is 0. The third-order valence-corrected chi connectivity index (χ3v) is 2.92. The molecule has 0 aliphatic carbocycles. The van der Waals surface area contributed by atoms with Gasteiger partial charge >= 0.3 is 11.9 Å². The Morgan fingerprint density at radius 2 is 1.38 bits per heavy atom. The predicted molar refractivity (Wildman–Crippen MR) is 84.0 cm³/mol. The fourth-order valence-corrected chi connectivity index (χ4v) is 1.73. The van der Waals surface area contributed by atoms with Crippen molar-refractivity contribution in [3.63, 3.8) is 0 Å². The molecule has 0 aromatic heterocycles. The molecular weight excluding hydrogens is 268 g/mol. The van der Waals surface area contributed by atoms with Gasteiger partial charge in [0.15, 0.2) is 0 Å². The van der Waals surface area contributed by atoms with E-state index in [0.29, 0.717) is 19.6 Å². The molecule has 0 N–H and O–H groups in total. The minimum Gasteiger partial charge on any atom is -0.466 e. The molecule has 0 radical (unpaired) electrons. The van der Waals surface area contributed by atoms with Crippen molar-refractivity contribution in [2.75, 3.05) is 13.2 Å².